The molecule has 0 radical (unpaired) electrons. The number of aryl methyl sites for hydroxylation is 2. The highest BCUT2D eigenvalue weighted by atomic mass is 32.2. The Morgan fingerprint density at radius 2 is 2.00 bits per heavy atom. The van der Waals surface area contributed by atoms with Crippen molar-refractivity contribution in [2.75, 3.05) is 11.1 Å². The SMILES string of the molecule is Cc1ccc(NC(=O)NC(=O)CSc2nnc(-c3cccs3)n2C)cc1C. The number of carbonyl (C=O) groups is 2. The van der Waals surface area contributed by atoms with E-state index in [0.717, 1.165) is 21.8 Å². The van der Waals surface area contributed by atoms with Gasteiger partial charge in [-0.25, -0.2) is 4.79 Å². The second-order valence-electron chi connectivity index (χ2n) is 5.93. The number of nitrogens with zero attached hydrogens (tertiary/aromatic N) is 3. The smallest absolute Gasteiger partial charge is 0.308 e. The van der Waals surface area contributed by atoms with E-state index in [4.69, 9.17) is 0 Å². The van der Waals surface area contributed by atoms with Gasteiger partial charge in [-0.15, -0.1) is 21.5 Å². The lowest BCUT2D eigenvalue weighted by Crippen LogP contribution is -2.35. The van der Waals surface area contributed by atoms with Crippen LogP contribution in [0.4, 0.5) is 10.5 Å². The number of hydrogen-bond acceptors (Lipinski definition) is 6. The van der Waals surface area contributed by atoms with Crippen molar-refractivity contribution < 1.29 is 9.59 Å². The zero-order valence-electron chi connectivity index (χ0n) is 15.1. The number of amides is 3. The van der Waals surface area contributed by atoms with Gasteiger partial charge in [-0.3, -0.25) is 10.1 Å². The van der Waals surface area contributed by atoms with Gasteiger partial charge in [0.15, 0.2) is 11.0 Å². The first kappa shape index (κ1) is 19.1. The highest BCUT2D eigenvalue weighted by Gasteiger charge is 2.14. The Labute approximate surface area is 165 Å². The van der Waals surface area contributed by atoms with Crippen LogP contribution in [0.15, 0.2) is 40.9 Å². The summed E-state index contributed by atoms with van der Waals surface area (Å²) >= 11 is 2.80. The first-order chi connectivity index (χ1) is 12.9. The first-order valence-electron chi connectivity index (χ1n) is 8.18. The van der Waals surface area contributed by atoms with E-state index >= 15 is 0 Å². The van der Waals surface area contributed by atoms with Crippen molar-refractivity contribution in [3.8, 4) is 10.7 Å². The quantitative estimate of drug-likeness (QED) is 0.638. The topological polar surface area (TPSA) is 88.9 Å². The van der Waals surface area contributed by atoms with Crippen molar-refractivity contribution in [3.63, 3.8) is 0 Å². The van der Waals surface area contributed by atoms with E-state index in [1.54, 1.807) is 17.4 Å². The summed E-state index contributed by atoms with van der Waals surface area (Å²) in [7, 11) is 1.85. The Morgan fingerprint density at radius 1 is 1.19 bits per heavy atom. The average molecular weight is 402 g/mol. The number of anilines is 1. The normalized spacial score (nSPS) is 10.6. The molecule has 0 atom stereocenters. The van der Waals surface area contributed by atoms with Crippen molar-refractivity contribution in [3.05, 3.63) is 46.8 Å². The Hall–Kier alpha value is -2.65. The van der Waals surface area contributed by atoms with Crippen LogP contribution >= 0.6 is 23.1 Å². The van der Waals surface area contributed by atoms with Gasteiger partial charge in [0.2, 0.25) is 5.91 Å². The maximum atomic E-state index is 12.0. The highest BCUT2D eigenvalue weighted by Crippen LogP contribution is 2.25. The molecule has 2 heterocycles. The van der Waals surface area contributed by atoms with Gasteiger partial charge >= 0.3 is 6.03 Å². The predicted octanol–water partition coefficient (Wildman–Crippen LogP) is 3.60. The van der Waals surface area contributed by atoms with E-state index in [0.29, 0.717) is 10.8 Å². The number of benzene rings is 1. The summed E-state index contributed by atoms with van der Waals surface area (Å²) in [5, 5.41) is 15.8. The van der Waals surface area contributed by atoms with Crippen molar-refractivity contribution in [2.45, 2.75) is 19.0 Å². The zero-order valence-corrected chi connectivity index (χ0v) is 16.8. The molecule has 0 aliphatic rings. The molecule has 0 saturated carbocycles. The lowest BCUT2D eigenvalue weighted by Gasteiger charge is -2.08. The van der Waals surface area contributed by atoms with Crippen LogP contribution in [0.5, 0.6) is 0 Å². The fourth-order valence-corrected chi connectivity index (χ4v) is 3.79. The molecule has 9 heteroatoms. The number of hydrogen-bond donors (Lipinski definition) is 2. The van der Waals surface area contributed by atoms with E-state index in [-0.39, 0.29) is 5.75 Å². The molecule has 3 aromatic rings. The zero-order chi connectivity index (χ0) is 19.4. The van der Waals surface area contributed by atoms with Crippen molar-refractivity contribution >= 4 is 40.7 Å². The van der Waals surface area contributed by atoms with Gasteiger partial charge in [0.05, 0.1) is 10.6 Å². The van der Waals surface area contributed by atoms with Crippen LogP contribution in [0.3, 0.4) is 0 Å². The number of thiophene rings is 1. The number of imide groups is 1. The van der Waals surface area contributed by atoms with Crippen LogP contribution in [0.1, 0.15) is 11.1 Å². The van der Waals surface area contributed by atoms with Crippen LogP contribution in [-0.2, 0) is 11.8 Å². The minimum absolute atomic E-state index is 0.0662. The van der Waals surface area contributed by atoms with E-state index in [2.05, 4.69) is 20.8 Å². The van der Waals surface area contributed by atoms with Crippen molar-refractivity contribution in [2.24, 2.45) is 7.05 Å². The third-order valence-corrected chi connectivity index (χ3v) is 5.81. The average Bonchev–Trinajstić information content (AvgIpc) is 3.26. The number of rotatable bonds is 5. The largest absolute Gasteiger partial charge is 0.325 e. The molecule has 2 N–H and O–H groups in total. The second-order valence-corrected chi connectivity index (χ2v) is 7.82. The predicted molar refractivity (Wildman–Crippen MR) is 108 cm³/mol. The molecule has 140 valence electrons. The van der Waals surface area contributed by atoms with Gasteiger partial charge in [0, 0.05) is 12.7 Å². The summed E-state index contributed by atoms with van der Waals surface area (Å²) in [6.45, 7) is 3.96. The molecule has 27 heavy (non-hydrogen) atoms. The van der Waals surface area contributed by atoms with Crippen LogP contribution < -0.4 is 10.6 Å². The molecule has 0 bridgehead atoms. The molecular formula is C18H19N5O2S2. The number of thioether (sulfide) groups is 1. The number of urea groups is 1. The monoisotopic (exact) mass is 401 g/mol. The Morgan fingerprint density at radius 3 is 2.70 bits per heavy atom. The number of carbonyl (C=O) groups excluding carboxylic acids is 2. The fraction of sp³-hybridized carbons (Fsp3) is 0.222. The minimum atomic E-state index is -0.555. The molecular weight excluding hydrogens is 382 g/mol. The molecule has 2 aromatic heterocycles. The Bertz CT molecular complexity index is 966. The third kappa shape index (κ3) is 4.75. The number of aromatic nitrogens is 3. The van der Waals surface area contributed by atoms with E-state index < -0.39 is 11.9 Å². The van der Waals surface area contributed by atoms with Crippen LogP contribution in [0.25, 0.3) is 10.7 Å². The molecule has 7 nitrogen and oxygen atoms in total. The van der Waals surface area contributed by atoms with E-state index in [1.807, 2.05) is 55.1 Å². The van der Waals surface area contributed by atoms with E-state index in [1.165, 1.54) is 11.8 Å². The highest BCUT2D eigenvalue weighted by molar-refractivity contribution is 7.99. The lowest BCUT2D eigenvalue weighted by atomic mass is 10.1. The molecule has 3 amide bonds. The summed E-state index contributed by atoms with van der Waals surface area (Å²) in [5.41, 5.74) is 2.85. The summed E-state index contributed by atoms with van der Waals surface area (Å²) in [5.74, 6) is 0.416. The fourth-order valence-electron chi connectivity index (χ4n) is 2.34. The van der Waals surface area contributed by atoms with Gasteiger partial charge < -0.3 is 9.88 Å². The van der Waals surface area contributed by atoms with Crippen molar-refractivity contribution in [1.29, 1.82) is 0 Å². The molecule has 0 unspecified atom stereocenters. The summed E-state index contributed by atoms with van der Waals surface area (Å²) in [6, 6.07) is 8.94. The Kier molecular flexibility index (Phi) is 5.92. The number of nitrogens with one attached hydrogen (secondary N) is 2. The van der Waals surface area contributed by atoms with Crippen LogP contribution in [0.2, 0.25) is 0 Å². The third-order valence-electron chi connectivity index (χ3n) is 3.93. The molecule has 0 fully saturated rings. The molecule has 1 aromatic carbocycles. The van der Waals surface area contributed by atoms with E-state index in [9.17, 15) is 9.59 Å². The lowest BCUT2D eigenvalue weighted by molar-refractivity contribution is -0.117. The van der Waals surface area contributed by atoms with Gasteiger partial charge in [0.1, 0.15) is 0 Å². The van der Waals surface area contributed by atoms with Gasteiger partial charge in [-0.05, 0) is 48.6 Å². The summed E-state index contributed by atoms with van der Waals surface area (Å²) in [4.78, 5) is 25.0. The van der Waals surface area contributed by atoms with Crippen LogP contribution in [0, 0.1) is 13.8 Å². The van der Waals surface area contributed by atoms with Gasteiger partial charge in [-0.1, -0.05) is 23.9 Å². The Balaban J connectivity index is 1.52. The maximum absolute atomic E-state index is 12.0. The summed E-state index contributed by atoms with van der Waals surface area (Å²) < 4.78 is 1.83. The van der Waals surface area contributed by atoms with Gasteiger partial charge in [-0.2, -0.15) is 0 Å². The molecule has 0 aliphatic carbocycles. The molecule has 0 saturated heterocycles. The molecule has 0 aliphatic heterocycles. The standard InChI is InChI=1S/C18H19N5O2S2/c1-11-6-7-13(9-12(11)2)19-17(25)20-15(24)10-27-18-22-21-16(23(18)3)14-5-4-8-26-14/h4-9H,10H2,1-3H3,(H2,19,20,24,25). The van der Waals surface area contributed by atoms with Gasteiger partial charge in [0.25, 0.3) is 0 Å². The molecule has 3 rings (SSSR count). The molecule has 0 spiro atoms. The van der Waals surface area contributed by atoms with Crippen LogP contribution in [-0.4, -0.2) is 32.5 Å². The summed E-state index contributed by atoms with van der Waals surface area (Å²) in [6.07, 6.45) is 0. The van der Waals surface area contributed by atoms with Crippen molar-refractivity contribution in [1.82, 2.24) is 20.1 Å². The maximum Gasteiger partial charge on any atom is 0.325 e. The minimum Gasteiger partial charge on any atom is -0.308 e. The second kappa shape index (κ2) is 8.36. The first-order valence-corrected chi connectivity index (χ1v) is 10.0.